The van der Waals surface area contributed by atoms with E-state index >= 15 is 0 Å². The third kappa shape index (κ3) is 20.6. The first-order chi connectivity index (χ1) is 42.1. The van der Waals surface area contributed by atoms with Gasteiger partial charge in [-0.05, 0) is 191 Å². The molecule has 0 fully saturated rings. The van der Waals surface area contributed by atoms with Crippen LogP contribution in [0.5, 0.6) is 23.0 Å². The molecule has 8 heteroatoms. The van der Waals surface area contributed by atoms with E-state index < -0.39 is 0 Å². The fourth-order valence-corrected chi connectivity index (χ4v) is 13.4. The van der Waals surface area contributed by atoms with E-state index in [4.69, 9.17) is 0 Å². The quantitative estimate of drug-likeness (QED) is 0.105. The molecule has 0 spiro atoms. The van der Waals surface area contributed by atoms with Crippen LogP contribution in [0.1, 0.15) is 90.3 Å². The predicted octanol–water partition coefficient (Wildman–Crippen LogP) is 26.3. The monoisotopic (exact) mass is 1500 g/mol. The zero-order valence-corrected chi connectivity index (χ0v) is 70.4. The van der Waals surface area contributed by atoms with Crippen LogP contribution in [0.2, 0.25) is 0 Å². The molecule has 0 saturated carbocycles. The van der Waals surface area contributed by atoms with Gasteiger partial charge >= 0.3 is 86.9 Å². The molecule has 4 N–H and O–H groups in total. The zero-order chi connectivity index (χ0) is 60.1. The van der Waals surface area contributed by atoms with Crippen LogP contribution in [-0.2, 0) is 117 Å². The van der Waals surface area contributed by atoms with Crippen molar-refractivity contribution in [2.45, 2.75) is 71.6 Å². The molecule has 0 heterocycles. The topological polar surface area (TPSA) is 80.9 Å². The molecule has 0 saturated heterocycles. The van der Waals surface area contributed by atoms with Crippen LogP contribution in [0, 0.1) is 96.0 Å². The summed E-state index contributed by atoms with van der Waals surface area (Å²) < 4.78 is 0. The molecular formula is C95H106O4Ti4. The van der Waals surface area contributed by atoms with Gasteiger partial charge in [-0.15, -0.1) is 0 Å². The Balaban J connectivity index is -0.000000604. The minimum Gasteiger partial charge on any atom is -0.507 e. The van der Waals surface area contributed by atoms with Crippen LogP contribution in [0.25, 0.3) is 89.0 Å². The minimum atomic E-state index is -0.00760. The Kier molecular flexibility index (Phi) is 42.2. The molecule has 0 aliphatic heterocycles. The number of hydrogen-bond donors (Lipinski definition) is 4. The maximum absolute atomic E-state index is 10.4. The second kappa shape index (κ2) is 42.6. The van der Waals surface area contributed by atoms with E-state index in [2.05, 4.69) is 211 Å². The van der Waals surface area contributed by atoms with Crippen molar-refractivity contribution in [3.05, 3.63) is 400 Å². The number of benzene rings is 12. The first-order valence-corrected chi connectivity index (χ1v) is 30.2. The fraction of sp³-hybridized carbons (Fsp3) is 0.116. The summed E-state index contributed by atoms with van der Waals surface area (Å²) in [7, 11) is 0. The molecule has 0 aromatic heterocycles. The third-order valence-electron chi connectivity index (χ3n) is 18.0. The standard InChI is InChI=1S/C23H22O.C21H18O.C20H16O.C19H14O.12CH3.4Ti/c1-23(2,3)18-9-11-22(24)21(14-18)16-8-10-20-17(13-16)12-15-6-4-5-7-19(15)20;1-21(2)18-9-5-3-8-16(18)17-12-11-14(13-19(17)21)15-7-4-6-10-20(15)22;1-13-6-9-20(21)19(10-13)15-7-8-18-16(12-15)11-14-4-2-3-5-17(14)18;20-19-8-4-3-7-18(19)14-9-10-17-15(12-14)11-13-5-1-2-6-16(13)17;;;;;;;;;;;;;;;;/h4-11,13-14,24H,12H2,1-3H3;3-13,22H,1-2H3;2-10,12,21H,11H2,1H3;1-10,12,20H,11H2;12*1H3;;;;/q;;;;12*-1;4*+3. The fourth-order valence-electron chi connectivity index (χ4n) is 13.4. The summed E-state index contributed by atoms with van der Waals surface area (Å²) in [5, 5.41) is 40.6. The van der Waals surface area contributed by atoms with Gasteiger partial charge in [0.1, 0.15) is 23.0 Å². The number of fused-ring (bicyclic) bond motifs is 12. The van der Waals surface area contributed by atoms with Crippen LogP contribution < -0.4 is 0 Å². The average molecular weight is 1500 g/mol. The number of phenols is 4. The normalized spacial score (nSPS) is 10.9. The molecule has 4 radical (unpaired) electrons. The van der Waals surface area contributed by atoms with Crippen molar-refractivity contribution in [1.29, 1.82) is 0 Å². The van der Waals surface area contributed by atoms with Crippen molar-refractivity contribution in [1.82, 2.24) is 0 Å². The Bertz CT molecular complexity index is 4650. The molecule has 4 aliphatic carbocycles. The number of hydrogen-bond acceptors (Lipinski definition) is 4. The van der Waals surface area contributed by atoms with Crippen molar-refractivity contribution in [2.75, 3.05) is 0 Å². The van der Waals surface area contributed by atoms with Gasteiger partial charge in [-0.3, -0.25) is 0 Å². The van der Waals surface area contributed by atoms with Crippen LogP contribution in [-0.4, -0.2) is 20.4 Å². The first kappa shape index (κ1) is 102. The van der Waals surface area contributed by atoms with Gasteiger partial charge in [0.25, 0.3) is 0 Å². The van der Waals surface area contributed by atoms with Crippen LogP contribution in [0.4, 0.5) is 0 Å². The molecule has 12 aromatic carbocycles. The Morgan fingerprint density at radius 1 is 0.252 bits per heavy atom. The summed E-state index contributed by atoms with van der Waals surface area (Å²) in [5.41, 5.74) is 31.9. The maximum Gasteiger partial charge on any atom is 3.00 e. The predicted molar refractivity (Wildman–Crippen MR) is 437 cm³/mol. The molecule has 4 aliphatic rings. The van der Waals surface area contributed by atoms with Gasteiger partial charge in [0.15, 0.2) is 0 Å². The maximum atomic E-state index is 10.4. The molecule has 0 atom stereocenters. The van der Waals surface area contributed by atoms with E-state index in [0.717, 1.165) is 69.3 Å². The number of aromatic hydroxyl groups is 4. The summed E-state index contributed by atoms with van der Waals surface area (Å²) in [4.78, 5) is 0. The first-order valence-electron chi connectivity index (χ1n) is 30.2. The Morgan fingerprint density at radius 3 is 0.922 bits per heavy atom. The Hall–Kier alpha value is -7.30. The summed E-state index contributed by atoms with van der Waals surface area (Å²) in [6, 6.07) is 87.1. The van der Waals surface area contributed by atoms with Crippen LogP contribution in [0.3, 0.4) is 0 Å². The van der Waals surface area contributed by atoms with E-state index in [1.54, 1.807) is 18.2 Å². The van der Waals surface area contributed by atoms with E-state index in [-0.39, 0.29) is 187 Å². The molecule has 0 amide bonds. The number of phenolic OH excluding ortho intramolecular Hbond substituents is 4. The van der Waals surface area contributed by atoms with Gasteiger partial charge in [0.2, 0.25) is 0 Å². The molecule has 0 bridgehead atoms. The molecule has 103 heavy (non-hydrogen) atoms. The molecule has 4 nitrogen and oxygen atoms in total. The van der Waals surface area contributed by atoms with Crippen molar-refractivity contribution < 1.29 is 107 Å². The van der Waals surface area contributed by atoms with E-state index in [9.17, 15) is 20.4 Å². The smallest absolute Gasteiger partial charge is 0.507 e. The summed E-state index contributed by atoms with van der Waals surface area (Å²) in [5.74, 6) is 1.35. The van der Waals surface area contributed by atoms with Gasteiger partial charge in [0.05, 0.1) is 0 Å². The third-order valence-corrected chi connectivity index (χ3v) is 18.0. The summed E-state index contributed by atoms with van der Waals surface area (Å²) >= 11 is 0. The number of rotatable bonds is 4. The largest absolute Gasteiger partial charge is 3.00 e. The van der Waals surface area contributed by atoms with Gasteiger partial charge < -0.3 is 110 Å². The SMILES string of the molecule is CC(C)(C)c1ccc(O)c(-c2ccc3c(c2)Cc2ccccc2-3)c1.CC1(C)c2ccccc2-c2ccc(-c3ccccc3O)cc21.Cc1ccc(O)c(-c2ccc3c(c2)Cc2ccccc2-3)c1.Oc1ccccc1-c1ccc2c(c1)Cc1ccccc1-2.[CH3-].[CH3-].[CH3-].[CH3-].[CH3-].[CH3-].[CH3-].[CH3-].[CH3-].[CH3-].[CH3-].[CH3-].[Ti+3].[Ti+3].[Ti+3].[Ti+3]. The number of para-hydroxylation sites is 2. The summed E-state index contributed by atoms with van der Waals surface area (Å²) in [6.07, 6.45) is 2.93. The van der Waals surface area contributed by atoms with Crippen LogP contribution >= 0.6 is 0 Å². The minimum absolute atomic E-state index is 0. The molecule has 12 aromatic rings. The van der Waals surface area contributed by atoms with Gasteiger partial charge in [-0.2, -0.15) is 0 Å². The van der Waals surface area contributed by atoms with Crippen molar-refractivity contribution >= 4 is 0 Å². The Morgan fingerprint density at radius 2 is 0.534 bits per heavy atom. The van der Waals surface area contributed by atoms with Crippen molar-refractivity contribution in [3.63, 3.8) is 0 Å². The van der Waals surface area contributed by atoms with E-state index in [0.29, 0.717) is 23.0 Å². The van der Waals surface area contributed by atoms with Crippen molar-refractivity contribution in [2.24, 2.45) is 0 Å². The second-order valence-electron chi connectivity index (χ2n) is 25.1. The second-order valence-corrected chi connectivity index (χ2v) is 25.1. The molecular weight excluding hydrogens is 1400 g/mol. The average Bonchev–Trinajstić information content (AvgIpc) is 1.59. The van der Waals surface area contributed by atoms with Crippen molar-refractivity contribution in [3.8, 4) is 112 Å². The molecule has 526 valence electrons. The van der Waals surface area contributed by atoms with Gasteiger partial charge in [-0.1, -0.05) is 253 Å². The summed E-state index contributed by atoms with van der Waals surface area (Å²) in [6.45, 7) is 13.2. The molecule has 0 unspecified atom stereocenters. The zero-order valence-electron chi connectivity index (χ0n) is 64.2. The van der Waals surface area contributed by atoms with E-state index in [1.165, 1.54) is 94.6 Å². The van der Waals surface area contributed by atoms with Gasteiger partial charge in [0, 0.05) is 27.7 Å². The van der Waals surface area contributed by atoms with E-state index in [1.807, 2.05) is 67.6 Å². The Labute approximate surface area is 684 Å². The van der Waals surface area contributed by atoms with Gasteiger partial charge in [-0.25, -0.2) is 0 Å². The van der Waals surface area contributed by atoms with Crippen LogP contribution in [0.15, 0.2) is 255 Å². The number of aryl methyl sites for hydroxylation is 1. The molecule has 16 rings (SSSR count).